The van der Waals surface area contributed by atoms with Crippen molar-refractivity contribution in [2.75, 3.05) is 13.6 Å². The van der Waals surface area contributed by atoms with Gasteiger partial charge in [0.2, 0.25) is 0 Å². The minimum absolute atomic E-state index is 0.879. The van der Waals surface area contributed by atoms with Crippen LogP contribution in [-0.4, -0.2) is 13.6 Å². The van der Waals surface area contributed by atoms with Crippen LogP contribution >= 0.6 is 0 Å². The summed E-state index contributed by atoms with van der Waals surface area (Å²) in [6.45, 7) is 6.65. The molecule has 0 fully saturated rings. The lowest BCUT2D eigenvalue weighted by Gasteiger charge is -1.94. The molecule has 0 aromatic rings. The predicted molar refractivity (Wildman–Crippen MR) is 37.9 cm³/mol. The van der Waals surface area contributed by atoms with Crippen molar-refractivity contribution in [1.29, 1.82) is 0 Å². The molecular weight excluding hydrogens is 98.1 g/mol. The summed E-state index contributed by atoms with van der Waals surface area (Å²) >= 11 is 0. The van der Waals surface area contributed by atoms with Gasteiger partial charge in [0.25, 0.3) is 0 Å². The highest BCUT2D eigenvalue weighted by Gasteiger charge is 1.79. The van der Waals surface area contributed by atoms with Crippen molar-refractivity contribution in [3.63, 3.8) is 0 Å². The highest BCUT2D eigenvalue weighted by atomic mass is 14.8. The topological polar surface area (TPSA) is 12.0 Å². The quantitative estimate of drug-likeness (QED) is 0.542. The highest BCUT2D eigenvalue weighted by Crippen LogP contribution is 1.87. The van der Waals surface area contributed by atoms with E-state index in [1.165, 1.54) is 0 Å². The van der Waals surface area contributed by atoms with Crippen molar-refractivity contribution in [2.24, 2.45) is 0 Å². The van der Waals surface area contributed by atoms with Crippen LogP contribution in [0.4, 0.5) is 0 Å². The molecule has 0 unspecified atom stereocenters. The van der Waals surface area contributed by atoms with Gasteiger partial charge >= 0.3 is 0 Å². The summed E-state index contributed by atoms with van der Waals surface area (Å²) in [5, 5.41) is 3.00. The molecule has 0 aromatic heterocycles. The molecule has 1 heteroatoms. The molecule has 0 aliphatic carbocycles. The zero-order chi connectivity index (χ0) is 6.41. The highest BCUT2D eigenvalue weighted by molar-refractivity contribution is 5.14. The van der Waals surface area contributed by atoms with Gasteiger partial charge in [-0.15, -0.1) is 0 Å². The molecule has 1 nitrogen and oxygen atoms in total. The average Bonchev–Trinajstić information content (AvgIpc) is 1.68. The van der Waals surface area contributed by atoms with E-state index in [9.17, 15) is 0 Å². The standard InChI is InChI=1S/C7H13N/c1-4-5-7(2)6-8-3/h4-5,8H,2,6H2,1,3H3. The average molecular weight is 111 g/mol. The molecule has 8 heavy (non-hydrogen) atoms. The van der Waals surface area contributed by atoms with Gasteiger partial charge in [-0.1, -0.05) is 18.7 Å². The third-order valence-electron chi connectivity index (χ3n) is 0.806. The molecule has 0 saturated heterocycles. The SMILES string of the molecule is C=C(C=CC)CNC. The maximum atomic E-state index is 3.78. The summed E-state index contributed by atoms with van der Waals surface area (Å²) in [5.74, 6) is 0. The van der Waals surface area contributed by atoms with E-state index >= 15 is 0 Å². The van der Waals surface area contributed by atoms with Crippen molar-refractivity contribution in [2.45, 2.75) is 6.92 Å². The van der Waals surface area contributed by atoms with E-state index in [1.54, 1.807) is 0 Å². The normalized spacial score (nSPS) is 10.2. The fourth-order valence-corrected chi connectivity index (χ4v) is 0.522. The number of likely N-dealkylation sites (N-methyl/N-ethyl adjacent to an activating group) is 1. The van der Waals surface area contributed by atoms with E-state index in [0.717, 1.165) is 12.1 Å². The van der Waals surface area contributed by atoms with Crippen molar-refractivity contribution in [1.82, 2.24) is 5.32 Å². The van der Waals surface area contributed by atoms with Gasteiger partial charge in [0.1, 0.15) is 0 Å². The molecule has 0 saturated carbocycles. The van der Waals surface area contributed by atoms with E-state index in [1.807, 2.05) is 26.1 Å². The minimum atomic E-state index is 0.879. The Bertz CT molecular complexity index is 92.6. The minimum Gasteiger partial charge on any atom is -0.316 e. The number of nitrogens with one attached hydrogen (secondary N) is 1. The van der Waals surface area contributed by atoms with Crippen molar-refractivity contribution >= 4 is 0 Å². The molecule has 0 heterocycles. The Kier molecular flexibility index (Phi) is 4.27. The molecule has 0 aliphatic heterocycles. The smallest absolute Gasteiger partial charge is 0.0196 e. The van der Waals surface area contributed by atoms with E-state index < -0.39 is 0 Å². The Morgan fingerprint density at radius 1 is 1.75 bits per heavy atom. The third kappa shape index (κ3) is 3.62. The second-order valence-electron chi connectivity index (χ2n) is 1.69. The van der Waals surface area contributed by atoms with Gasteiger partial charge in [-0.05, 0) is 19.5 Å². The van der Waals surface area contributed by atoms with Gasteiger partial charge < -0.3 is 5.32 Å². The molecule has 1 N–H and O–H groups in total. The molecule has 0 amide bonds. The Balaban J connectivity index is 3.33. The summed E-state index contributed by atoms with van der Waals surface area (Å²) in [6.07, 6.45) is 3.98. The van der Waals surface area contributed by atoms with Gasteiger partial charge in [0.15, 0.2) is 0 Å². The van der Waals surface area contributed by atoms with Crippen LogP contribution in [0.2, 0.25) is 0 Å². The van der Waals surface area contributed by atoms with Gasteiger partial charge in [0.05, 0.1) is 0 Å². The molecule has 0 atom stereocenters. The second-order valence-corrected chi connectivity index (χ2v) is 1.69. The monoisotopic (exact) mass is 111 g/mol. The van der Waals surface area contributed by atoms with E-state index in [2.05, 4.69) is 11.9 Å². The summed E-state index contributed by atoms with van der Waals surface area (Å²) in [7, 11) is 1.91. The largest absolute Gasteiger partial charge is 0.316 e. The fourth-order valence-electron chi connectivity index (χ4n) is 0.522. The summed E-state index contributed by atoms with van der Waals surface area (Å²) in [4.78, 5) is 0. The van der Waals surface area contributed by atoms with Crippen LogP contribution < -0.4 is 5.32 Å². The van der Waals surface area contributed by atoms with E-state index in [0.29, 0.717) is 0 Å². The van der Waals surface area contributed by atoms with Crippen molar-refractivity contribution < 1.29 is 0 Å². The first kappa shape index (κ1) is 7.44. The predicted octanol–water partition coefficient (Wildman–Crippen LogP) is 1.34. The van der Waals surface area contributed by atoms with Crippen LogP contribution in [0.5, 0.6) is 0 Å². The van der Waals surface area contributed by atoms with Gasteiger partial charge in [0, 0.05) is 6.54 Å². The van der Waals surface area contributed by atoms with Crippen LogP contribution in [0.1, 0.15) is 6.92 Å². The first-order valence-corrected chi connectivity index (χ1v) is 2.76. The number of allylic oxidation sites excluding steroid dienone is 1. The molecule has 0 bridgehead atoms. The summed E-state index contributed by atoms with van der Waals surface area (Å²) in [5.41, 5.74) is 1.12. The lowest BCUT2D eigenvalue weighted by molar-refractivity contribution is 0.898. The second kappa shape index (κ2) is 4.60. The molecule has 0 aliphatic rings. The number of hydrogen-bond donors (Lipinski definition) is 1. The molecule has 46 valence electrons. The molecule has 0 radical (unpaired) electrons. The molecule has 0 aromatic carbocycles. The Morgan fingerprint density at radius 3 is 2.75 bits per heavy atom. The lowest BCUT2D eigenvalue weighted by Crippen LogP contribution is -2.07. The zero-order valence-electron chi connectivity index (χ0n) is 5.57. The van der Waals surface area contributed by atoms with Gasteiger partial charge in [-0.2, -0.15) is 0 Å². The summed E-state index contributed by atoms with van der Waals surface area (Å²) in [6, 6.07) is 0. The van der Waals surface area contributed by atoms with Crippen LogP contribution in [0, 0.1) is 0 Å². The summed E-state index contributed by atoms with van der Waals surface area (Å²) < 4.78 is 0. The number of hydrogen-bond acceptors (Lipinski definition) is 1. The van der Waals surface area contributed by atoms with Crippen LogP contribution in [0.3, 0.4) is 0 Å². The maximum Gasteiger partial charge on any atom is 0.0196 e. The number of rotatable bonds is 3. The van der Waals surface area contributed by atoms with Gasteiger partial charge in [-0.25, -0.2) is 0 Å². The molecule has 0 spiro atoms. The zero-order valence-corrected chi connectivity index (χ0v) is 5.57. The Labute approximate surface area is 51.1 Å². The first-order chi connectivity index (χ1) is 3.81. The Hall–Kier alpha value is -0.560. The van der Waals surface area contributed by atoms with Crippen LogP contribution in [0.25, 0.3) is 0 Å². The van der Waals surface area contributed by atoms with Crippen molar-refractivity contribution in [3.05, 3.63) is 24.3 Å². The van der Waals surface area contributed by atoms with E-state index in [4.69, 9.17) is 0 Å². The van der Waals surface area contributed by atoms with Crippen molar-refractivity contribution in [3.8, 4) is 0 Å². The fraction of sp³-hybridized carbons (Fsp3) is 0.429. The lowest BCUT2D eigenvalue weighted by atomic mass is 10.3. The van der Waals surface area contributed by atoms with E-state index in [-0.39, 0.29) is 0 Å². The van der Waals surface area contributed by atoms with Crippen LogP contribution in [0.15, 0.2) is 24.3 Å². The Morgan fingerprint density at radius 2 is 2.38 bits per heavy atom. The molecule has 0 rings (SSSR count). The third-order valence-corrected chi connectivity index (χ3v) is 0.806. The molecular formula is C7H13N. The van der Waals surface area contributed by atoms with Crippen LogP contribution in [-0.2, 0) is 0 Å². The first-order valence-electron chi connectivity index (χ1n) is 2.76. The maximum absolute atomic E-state index is 3.78. The van der Waals surface area contributed by atoms with Gasteiger partial charge in [-0.3, -0.25) is 0 Å².